The highest BCUT2D eigenvalue weighted by atomic mass is 16.3. The molecule has 0 saturated carbocycles. The molecular weight excluding hydrogens is 428 g/mol. The predicted octanol–water partition coefficient (Wildman–Crippen LogP) is 4.16. The van der Waals surface area contributed by atoms with Gasteiger partial charge in [-0.3, -0.25) is 4.79 Å². The minimum absolute atomic E-state index is 0.0247. The van der Waals surface area contributed by atoms with Crippen molar-refractivity contribution >= 4 is 5.91 Å². The van der Waals surface area contributed by atoms with E-state index in [0.29, 0.717) is 18.4 Å². The maximum absolute atomic E-state index is 12.6. The summed E-state index contributed by atoms with van der Waals surface area (Å²) in [5.74, 6) is -0.206. The summed E-state index contributed by atoms with van der Waals surface area (Å²) in [5, 5.41) is 36.2. The Labute approximate surface area is 201 Å². The standard InChI is InChI=1S/C28H34N2O4/c1-19(22-10-5-4-6-11-22)30-27(34)13-20-8-7-9-21(12-20)17-28(2,3)29-18-26(33)23-14-24(31)16-25(32)15-23/h4-12,14-16,19,26,29,31-33H,13,17-18H2,1-3H3,(H,30,34)/t19-,26?/m0/s1. The summed E-state index contributed by atoms with van der Waals surface area (Å²) < 4.78 is 0. The molecule has 180 valence electrons. The first-order chi connectivity index (χ1) is 16.1. The van der Waals surface area contributed by atoms with Crippen molar-refractivity contribution in [2.75, 3.05) is 6.54 Å². The number of carbonyl (C=O) groups excluding carboxylic acids is 1. The lowest BCUT2D eigenvalue weighted by Gasteiger charge is -2.28. The van der Waals surface area contributed by atoms with Crippen molar-refractivity contribution in [1.82, 2.24) is 10.6 Å². The van der Waals surface area contributed by atoms with E-state index >= 15 is 0 Å². The molecule has 3 aromatic carbocycles. The van der Waals surface area contributed by atoms with E-state index in [4.69, 9.17) is 0 Å². The molecule has 0 fully saturated rings. The van der Waals surface area contributed by atoms with Crippen LogP contribution in [0.15, 0.2) is 72.8 Å². The van der Waals surface area contributed by atoms with Crippen LogP contribution in [-0.4, -0.2) is 33.3 Å². The number of hydrogen-bond donors (Lipinski definition) is 5. The predicted molar refractivity (Wildman–Crippen MR) is 134 cm³/mol. The average Bonchev–Trinajstić information content (AvgIpc) is 2.77. The van der Waals surface area contributed by atoms with Crippen LogP contribution in [0.2, 0.25) is 0 Å². The lowest BCUT2D eigenvalue weighted by Crippen LogP contribution is -2.43. The molecule has 0 bridgehead atoms. The van der Waals surface area contributed by atoms with Crippen molar-refractivity contribution in [3.05, 3.63) is 95.1 Å². The molecular formula is C28H34N2O4. The Hall–Kier alpha value is -3.35. The highest BCUT2D eigenvalue weighted by molar-refractivity contribution is 5.79. The van der Waals surface area contributed by atoms with Gasteiger partial charge in [0.2, 0.25) is 5.91 Å². The third kappa shape index (κ3) is 7.61. The van der Waals surface area contributed by atoms with Crippen molar-refractivity contribution in [2.24, 2.45) is 0 Å². The smallest absolute Gasteiger partial charge is 0.224 e. The van der Waals surface area contributed by atoms with Gasteiger partial charge >= 0.3 is 0 Å². The normalized spacial score (nSPS) is 13.3. The van der Waals surface area contributed by atoms with E-state index in [1.54, 1.807) is 0 Å². The van der Waals surface area contributed by atoms with E-state index in [1.807, 2.05) is 75.4 Å². The minimum atomic E-state index is -0.876. The number of carbonyl (C=O) groups is 1. The zero-order valence-corrected chi connectivity index (χ0v) is 20.0. The molecule has 1 amide bonds. The van der Waals surface area contributed by atoms with Crippen LogP contribution in [0, 0.1) is 0 Å². The fourth-order valence-electron chi connectivity index (χ4n) is 4.03. The molecule has 0 aromatic heterocycles. The fraction of sp³-hybridized carbons (Fsp3) is 0.321. The van der Waals surface area contributed by atoms with Gasteiger partial charge in [-0.2, -0.15) is 0 Å². The molecule has 0 heterocycles. The molecule has 0 aliphatic heterocycles. The van der Waals surface area contributed by atoms with E-state index in [9.17, 15) is 20.1 Å². The van der Waals surface area contributed by atoms with Crippen LogP contribution < -0.4 is 10.6 Å². The number of phenolic OH excluding ortho intramolecular Hbond substituents is 2. The Morgan fingerprint density at radius 2 is 1.53 bits per heavy atom. The second kappa shape index (κ2) is 11.2. The molecule has 0 spiro atoms. The average molecular weight is 463 g/mol. The van der Waals surface area contributed by atoms with Crippen LogP contribution in [0.25, 0.3) is 0 Å². The first kappa shape index (κ1) is 25.3. The van der Waals surface area contributed by atoms with Gasteiger partial charge in [0, 0.05) is 18.2 Å². The number of nitrogens with one attached hydrogen (secondary N) is 2. The number of β-amino-alcohol motifs (C(OH)–C–C–N with tert-alkyl or cyclic N) is 1. The summed E-state index contributed by atoms with van der Waals surface area (Å²) in [6.07, 6.45) is 0.123. The highest BCUT2D eigenvalue weighted by Crippen LogP contribution is 2.25. The van der Waals surface area contributed by atoms with Gasteiger partial charge in [0.25, 0.3) is 0 Å². The maximum atomic E-state index is 12.6. The van der Waals surface area contributed by atoms with Crippen LogP contribution in [0.1, 0.15) is 55.2 Å². The molecule has 0 aliphatic carbocycles. The van der Waals surface area contributed by atoms with Crippen LogP contribution in [0.3, 0.4) is 0 Å². The SMILES string of the molecule is C[C@H](NC(=O)Cc1cccc(CC(C)(C)NCC(O)c2cc(O)cc(O)c2)c1)c1ccccc1. The van der Waals surface area contributed by atoms with Crippen LogP contribution >= 0.6 is 0 Å². The molecule has 0 saturated heterocycles. The van der Waals surface area contributed by atoms with E-state index < -0.39 is 6.10 Å². The van der Waals surface area contributed by atoms with Crippen LogP contribution in [0.5, 0.6) is 11.5 Å². The second-order valence-corrected chi connectivity index (χ2v) is 9.44. The molecule has 0 aliphatic rings. The zero-order valence-electron chi connectivity index (χ0n) is 20.0. The number of hydrogen-bond acceptors (Lipinski definition) is 5. The molecule has 1 unspecified atom stereocenters. The largest absolute Gasteiger partial charge is 0.508 e. The number of rotatable bonds is 10. The van der Waals surface area contributed by atoms with Gasteiger partial charge in [-0.1, -0.05) is 54.6 Å². The fourth-order valence-corrected chi connectivity index (χ4v) is 4.03. The molecule has 3 aromatic rings. The topological polar surface area (TPSA) is 102 Å². The number of aromatic hydroxyl groups is 2. The molecule has 34 heavy (non-hydrogen) atoms. The number of amides is 1. The van der Waals surface area contributed by atoms with Crippen molar-refractivity contribution in [3.8, 4) is 11.5 Å². The molecule has 6 heteroatoms. The van der Waals surface area contributed by atoms with Gasteiger partial charge < -0.3 is 26.0 Å². The Morgan fingerprint density at radius 3 is 2.21 bits per heavy atom. The summed E-state index contributed by atoms with van der Waals surface area (Å²) >= 11 is 0. The lowest BCUT2D eigenvalue weighted by atomic mass is 9.93. The summed E-state index contributed by atoms with van der Waals surface area (Å²) in [4.78, 5) is 12.6. The van der Waals surface area contributed by atoms with E-state index in [2.05, 4.69) is 10.6 Å². The molecule has 3 rings (SSSR count). The lowest BCUT2D eigenvalue weighted by molar-refractivity contribution is -0.121. The van der Waals surface area contributed by atoms with E-state index in [0.717, 1.165) is 16.7 Å². The van der Waals surface area contributed by atoms with Crippen molar-refractivity contribution in [2.45, 2.75) is 51.3 Å². The quantitative estimate of drug-likeness (QED) is 0.311. The first-order valence-corrected chi connectivity index (χ1v) is 11.5. The van der Waals surface area contributed by atoms with Gasteiger partial charge in [-0.25, -0.2) is 0 Å². The Kier molecular flexibility index (Phi) is 8.31. The zero-order chi connectivity index (χ0) is 24.7. The minimum Gasteiger partial charge on any atom is -0.508 e. The molecule has 0 radical (unpaired) electrons. The van der Waals surface area contributed by atoms with Crippen molar-refractivity contribution < 1.29 is 20.1 Å². The van der Waals surface area contributed by atoms with Crippen molar-refractivity contribution in [3.63, 3.8) is 0 Å². The summed E-state index contributed by atoms with van der Waals surface area (Å²) in [5.41, 5.74) is 3.21. The summed E-state index contributed by atoms with van der Waals surface area (Å²) in [7, 11) is 0. The Morgan fingerprint density at radius 1 is 0.882 bits per heavy atom. The summed E-state index contributed by atoms with van der Waals surface area (Å²) in [6, 6.07) is 21.9. The van der Waals surface area contributed by atoms with Crippen molar-refractivity contribution in [1.29, 1.82) is 0 Å². The number of aliphatic hydroxyl groups excluding tert-OH is 1. The molecule has 5 N–H and O–H groups in total. The molecule has 6 nitrogen and oxygen atoms in total. The van der Waals surface area contributed by atoms with Crippen LogP contribution in [0.4, 0.5) is 0 Å². The van der Waals surface area contributed by atoms with Gasteiger partial charge in [0.15, 0.2) is 0 Å². The number of phenols is 2. The first-order valence-electron chi connectivity index (χ1n) is 11.5. The molecule has 2 atom stereocenters. The third-order valence-corrected chi connectivity index (χ3v) is 5.76. The van der Waals surface area contributed by atoms with Gasteiger partial charge in [-0.05, 0) is 61.6 Å². The van der Waals surface area contributed by atoms with Gasteiger partial charge in [0.05, 0.1) is 18.6 Å². The number of benzene rings is 3. The highest BCUT2D eigenvalue weighted by Gasteiger charge is 2.21. The maximum Gasteiger partial charge on any atom is 0.224 e. The summed E-state index contributed by atoms with van der Waals surface area (Å²) in [6.45, 7) is 6.32. The Balaban J connectivity index is 1.55. The third-order valence-electron chi connectivity index (χ3n) is 5.76. The number of aliphatic hydroxyl groups is 1. The second-order valence-electron chi connectivity index (χ2n) is 9.44. The van der Waals surface area contributed by atoms with Crippen LogP contribution in [-0.2, 0) is 17.6 Å². The van der Waals surface area contributed by atoms with Gasteiger partial charge in [0.1, 0.15) is 11.5 Å². The van der Waals surface area contributed by atoms with E-state index in [-0.39, 0.29) is 35.5 Å². The monoisotopic (exact) mass is 462 g/mol. The van der Waals surface area contributed by atoms with Gasteiger partial charge in [-0.15, -0.1) is 0 Å². The van der Waals surface area contributed by atoms with E-state index in [1.165, 1.54) is 18.2 Å². The Bertz CT molecular complexity index is 1080.